The van der Waals surface area contributed by atoms with Gasteiger partial charge in [0.25, 0.3) is 5.91 Å². The number of ether oxygens (including phenoxy) is 1. The fraction of sp³-hybridized carbons (Fsp3) is 0.286. The molecule has 0 aromatic heterocycles. The number of carbonyl (C=O) groups excluding carboxylic acids is 3. The lowest BCUT2D eigenvalue weighted by Crippen LogP contribution is -2.52. The van der Waals surface area contributed by atoms with Crippen LogP contribution >= 0.6 is 0 Å². The number of carbonyl (C=O) groups is 3. The van der Waals surface area contributed by atoms with E-state index in [1.54, 1.807) is 4.90 Å². The second-order valence-corrected chi connectivity index (χ2v) is 6.91. The summed E-state index contributed by atoms with van der Waals surface area (Å²) in [5.74, 6) is -0.218. The van der Waals surface area contributed by atoms with Crippen LogP contribution in [0.1, 0.15) is 39.9 Å². The highest BCUT2D eigenvalue weighted by molar-refractivity contribution is 6.06. The molecular weight excluding hydrogens is 344 g/mol. The van der Waals surface area contributed by atoms with E-state index in [2.05, 4.69) is 5.32 Å². The summed E-state index contributed by atoms with van der Waals surface area (Å²) in [5, 5.41) is 2.33. The smallest absolute Gasteiger partial charge is 0.255 e. The average molecular weight is 364 g/mol. The first-order chi connectivity index (χ1) is 13.0. The van der Waals surface area contributed by atoms with Crippen molar-refractivity contribution in [3.8, 4) is 5.75 Å². The van der Waals surface area contributed by atoms with Crippen LogP contribution in [0.4, 0.5) is 0 Å². The summed E-state index contributed by atoms with van der Waals surface area (Å²) in [7, 11) is 0. The Balaban J connectivity index is 1.59. The van der Waals surface area contributed by atoms with Gasteiger partial charge in [0.2, 0.25) is 11.8 Å². The van der Waals surface area contributed by atoms with E-state index >= 15 is 0 Å². The third kappa shape index (κ3) is 3.18. The summed E-state index contributed by atoms with van der Waals surface area (Å²) >= 11 is 0. The second kappa shape index (κ2) is 6.87. The Labute approximate surface area is 157 Å². The van der Waals surface area contributed by atoms with Crippen molar-refractivity contribution in [2.24, 2.45) is 0 Å². The predicted octanol–water partition coefficient (Wildman–Crippen LogP) is 2.34. The number of hydrogen-bond donors (Lipinski definition) is 1. The molecule has 4 rings (SSSR count). The van der Waals surface area contributed by atoms with Gasteiger partial charge in [0, 0.05) is 12.0 Å². The summed E-state index contributed by atoms with van der Waals surface area (Å²) < 4.78 is 5.98. The van der Waals surface area contributed by atoms with Crippen molar-refractivity contribution in [3.63, 3.8) is 0 Å². The third-order valence-electron chi connectivity index (χ3n) is 5.10. The molecular formula is C21H20N2O4. The van der Waals surface area contributed by atoms with E-state index in [0.29, 0.717) is 30.9 Å². The Morgan fingerprint density at radius 3 is 2.63 bits per heavy atom. The van der Waals surface area contributed by atoms with Gasteiger partial charge in [-0.05, 0) is 30.5 Å². The van der Waals surface area contributed by atoms with E-state index in [4.69, 9.17) is 4.74 Å². The molecule has 2 aromatic rings. The minimum atomic E-state index is -0.621. The number of nitrogens with one attached hydrogen (secondary N) is 1. The van der Waals surface area contributed by atoms with Crippen LogP contribution in [0.25, 0.3) is 0 Å². The maximum atomic E-state index is 13.0. The van der Waals surface area contributed by atoms with Gasteiger partial charge in [-0.15, -0.1) is 0 Å². The summed E-state index contributed by atoms with van der Waals surface area (Å²) in [6.07, 6.45) is 0.594. The third-order valence-corrected chi connectivity index (χ3v) is 5.10. The highest BCUT2D eigenvalue weighted by Crippen LogP contribution is 2.35. The zero-order valence-electron chi connectivity index (χ0n) is 15.0. The Morgan fingerprint density at radius 2 is 1.89 bits per heavy atom. The van der Waals surface area contributed by atoms with E-state index in [-0.39, 0.29) is 18.2 Å². The first-order valence-electron chi connectivity index (χ1n) is 8.98. The molecule has 1 saturated heterocycles. The van der Waals surface area contributed by atoms with E-state index in [1.807, 2.05) is 49.4 Å². The van der Waals surface area contributed by atoms with Gasteiger partial charge in [-0.1, -0.05) is 36.4 Å². The molecule has 1 N–H and O–H groups in total. The zero-order chi connectivity index (χ0) is 19.0. The standard InChI is InChI=1S/C21H20N2O4/c1-13-7-9-17(27-12-14-5-3-2-4-6-14)15-11-23(21(26)19(13)15)16-8-10-18(24)22-20(16)25/h2-7,9,16H,8,10-12H2,1H3,(H,22,24,25). The number of fused-ring (bicyclic) bond motifs is 1. The zero-order valence-corrected chi connectivity index (χ0v) is 15.0. The predicted molar refractivity (Wildman–Crippen MR) is 98.0 cm³/mol. The lowest BCUT2D eigenvalue weighted by molar-refractivity contribution is -0.136. The molecule has 1 unspecified atom stereocenters. The molecule has 6 heteroatoms. The lowest BCUT2D eigenvalue weighted by Gasteiger charge is -2.29. The van der Waals surface area contributed by atoms with Crippen molar-refractivity contribution in [1.82, 2.24) is 10.2 Å². The van der Waals surface area contributed by atoms with Crippen molar-refractivity contribution in [1.29, 1.82) is 0 Å². The minimum absolute atomic E-state index is 0.179. The first kappa shape index (κ1) is 17.3. The molecule has 0 saturated carbocycles. The van der Waals surface area contributed by atoms with Crippen molar-refractivity contribution in [2.45, 2.75) is 39.0 Å². The summed E-state index contributed by atoms with van der Waals surface area (Å²) in [6.45, 7) is 2.60. The quantitative estimate of drug-likeness (QED) is 0.845. The number of aryl methyl sites for hydroxylation is 1. The summed E-state index contributed by atoms with van der Waals surface area (Å²) in [4.78, 5) is 38.1. The monoisotopic (exact) mass is 364 g/mol. The van der Waals surface area contributed by atoms with Crippen molar-refractivity contribution >= 4 is 17.7 Å². The molecule has 0 bridgehead atoms. The molecule has 2 heterocycles. The normalized spacial score (nSPS) is 19.1. The maximum absolute atomic E-state index is 13.0. The SMILES string of the molecule is Cc1ccc(OCc2ccccc2)c2c1C(=O)N(C1CCC(=O)NC1=O)C2. The molecule has 0 spiro atoms. The van der Waals surface area contributed by atoms with E-state index in [1.165, 1.54) is 0 Å². The summed E-state index contributed by atoms with van der Waals surface area (Å²) in [6, 6.07) is 12.9. The van der Waals surface area contributed by atoms with Crippen molar-refractivity contribution in [2.75, 3.05) is 0 Å². The van der Waals surface area contributed by atoms with E-state index in [0.717, 1.165) is 16.7 Å². The molecule has 138 valence electrons. The molecule has 0 aliphatic carbocycles. The Kier molecular flexibility index (Phi) is 4.39. The second-order valence-electron chi connectivity index (χ2n) is 6.91. The topological polar surface area (TPSA) is 75.7 Å². The minimum Gasteiger partial charge on any atom is -0.489 e. The van der Waals surface area contributed by atoms with Crippen molar-refractivity contribution < 1.29 is 19.1 Å². The van der Waals surface area contributed by atoms with Gasteiger partial charge in [-0.2, -0.15) is 0 Å². The van der Waals surface area contributed by atoms with E-state index < -0.39 is 11.9 Å². The molecule has 0 radical (unpaired) electrons. The van der Waals surface area contributed by atoms with Gasteiger partial charge in [-0.25, -0.2) is 0 Å². The molecule has 3 amide bonds. The maximum Gasteiger partial charge on any atom is 0.255 e. The van der Waals surface area contributed by atoms with Crippen LogP contribution in [0.2, 0.25) is 0 Å². The number of nitrogens with zero attached hydrogens (tertiary/aromatic N) is 1. The highest BCUT2D eigenvalue weighted by atomic mass is 16.5. The number of rotatable bonds is 4. The van der Waals surface area contributed by atoms with E-state index in [9.17, 15) is 14.4 Å². The number of hydrogen-bond acceptors (Lipinski definition) is 4. The molecule has 1 fully saturated rings. The Hall–Kier alpha value is -3.15. The fourth-order valence-electron chi connectivity index (χ4n) is 3.69. The molecule has 2 aromatic carbocycles. The van der Waals surface area contributed by atoms with Gasteiger partial charge in [-0.3, -0.25) is 19.7 Å². The molecule has 2 aliphatic heterocycles. The van der Waals surface area contributed by atoms with Gasteiger partial charge in [0.15, 0.2) is 0 Å². The molecule has 2 aliphatic rings. The van der Waals surface area contributed by atoms with Crippen LogP contribution in [0.15, 0.2) is 42.5 Å². The lowest BCUT2D eigenvalue weighted by atomic mass is 10.0. The van der Waals surface area contributed by atoms with Crippen molar-refractivity contribution in [3.05, 3.63) is 64.7 Å². The summed E-state index contributed by atoms with van der Waals surface area (Å²) in [5.41, 5.74) is 3.31. The van der Waals surface area contributed by atoms with Crippen LogP contribution in [0, 0.1) is 6.92 Å². The van der Waals surface area contributed by atoms with Crippen LogP contribution < -0.4 is 10.1 Å². The molecule has 6 nitrogen and oxygen atoms in total. The van der Waals surface area contributed by atoms with Crippen LogP contribution in [-0.4, -0.2) is 28.7 Å². The largest absolute Gasteiger partial charge is 0.489 e. The van der Waals surface area contributed by atoms with Crippen LogP contribution in [0.5, 0.6) is 5.75 Å². The van der Waals surface area contributed by atoms with Gasteiger partial charge in [0.1, 0.15) is 18.4 Å². The van der Waals surface area contributed by atoms with Crippen LogP contribution in [-0.2, 0) is 22.7 Å². The number of piperidine rings is 1. The first-order valence-corrected chi connectivity index (χ1v) is 8.98. The van der Waals surface area contributed by atoms with Gasteiger partial charge >= 0.3 is 0 Å². The molecule has 1 atom stereocenters. The van der Waals surface area contributed by atoms with Gasteiger partial charge < -0.3 is 9.64 Å². The van der Waals surface area contributed by atoms with Crippen LogP contribution in [0.3, 0.4) is 0 Å². The highest BCUT2D eigenvalue weighted by Gasteiger charge is 2.40. The number of imide groups is 1. The fourth-order valence-corrected chi connectivity index (χ4v) is 3.69. The average Bonchev–Trinajstić information content (AvgIpc) is 3.00. The van der Waals surface area contributed by atoms with Gasteiger partial charge in [0.05, 0.1) is 12.1 Å². The Bertz CT molecular complexity index is 923. The Morgan fingerprint density at radius 1 is 1.11 bits per heavy atom. The molecule has 27 heavy (non-hydrogen) atoms. The number of benzene rings is 2. The number of amides is 3.